The second-order valence-electron chi connectivity index (χ2n) is 7.19. The third kappa shape index (κ3) is 4.49. The molecule has 8 nitrogen and oxygen atoms in total. The number of hydrogen-bond donors (Lipinski definition) is 0. The van der Waals surface area contributed by atoms with Crippen molar-refractivity contribution in [1.82, 2.24) is 29.5 Å². The van der Waals surface area contributed by atoms with Gasteiger partial charge in [-0.15, -0.1) is 0 Å². The van der Waals surface area contributed by atoms with Crippen molar-refractivity contribution in [2.45, 2.75) is 13.8 Å². The Labute approximate surface area is 177 Å². The van der Waals surface area contributed by atoms with Crippen LogP contribution in [0.25, 0.3) is 17.2 Å². The Bertz CT molecular complexity index is 1010. The molecule has 0 radical (unpaired) electrons. The fourth-order valence-corrected chi connectivity index (χ4v) is 3.17. The van der Waals surface area contributed by atoms with Gasteiger partial charge < -0.3 is 14.5 Å². The molecule has 0 spiro atoms. The zero-order valence-corrected chi connectivity index (χ0v) is 18.2. The molecule has 0 N–H and O–H groups in total. The van der Waals surface area contributed by atoms with Crippen molar-refractivity contribution in [2.75, 3.05) is 40.8 Å². The zero-order chi connectivity index (χ0) is 21.7. The van der Waals surface area contributed by atoms with Gasteiger partial charge >= 0.3 is 0 Å². The van der Waals surface area contributed by atoms with Crippen molar-refractivity contribution in [1.29, 1.82) is 0 Å². The first-order valence-electron chi connectivity index (χ1n) is 9.91. The molecule has 0 fully saturated rings. The fraction of sp³-hybridized carbons (Fsp3) is 0.364. The molecule has 0 atom stereocenters. The van der Waals surface area contributed by atoms with E-state index in [0.717, 1.165) is 23.6 Å². The number of ether oxygens (including phenoxy) is 1. The van der Waals surface area contributed by atoms with Gasteiger partial charge in [-0.3, -0.25) is 4.79 Å². The number of carbonyl (C=O) groups is 1. The number of aromatic nitrogens is 4. The number of amides is 1. The maximum Gasteiger partial charge on any atom is 0.257 e. The topological polar surface area (TPSA) is 76.4 Å². The van der Waals surface area contributed by atoms with Gasteiger partial charge in [0.15, 0.2) is 0 Å². The molecule has 1 amide bonds. The summed E-state index contributed by atoms with van der Waals surface area (Å²) in [7, 11) is 5.62. The van der Waals surface area contributed by atoms with Crippen molar-refractivity contribution in [3.8, 4) is 23.0 Å². The largest absolute Gasteiger partial charge is 0.496 e. The van der Waals surface area contributed by atoms with Gasteiger partial charge in [0.2, 0.25) is 0 Å². The van der Waals surface area contributed by atoms with Crippen molar-refractivity contribution in [2.24, 2.45) is 0 Å². The summed E-state index contributed by atoms with van der Waals surface area (Å²) in [6.07, 6.45) is 3.28. The van der Waals surface area contributed by atoms with E-state index in [0.29, 0.717) is 30.3 Å². The molecule has 0 aliphatic rings. The molecule has 0 unspecified atom stereocenters. The van der Waals surface area contributed by atoms with Gasteiger partial charge in [0, 0.05) is 31.4 Å². The maximum absolute atomic E-state index is 13.0. The molecule has 8 heteroatoms. The van der Waals surface area contributed by atoms with Gasteiger partial charge in [0.1, 0.15) is 5.75 Å². The Balaban J connectivity index is 1.91. The minimum Gasteiger partial charge on any atom is -0.496 e. The second-order valence-corrected chi connectivity index (χ2v) is 7.19. The molecular formula is C22H28N6O2. The molecular weight excluding hydrogens is 380 g/mol. The summed E-state index contributed by atoms with van der Waals surface area (Å²) in [6, 6.07) is 9.50. The van der Waals surface area contributed by atoms with Crippen LogP contribution in [-0.4, -0.2) is 76.3 Å². The Hall–Kier alpha value is -3.26. The lowest BCUT2D eigenvalue weighted by Gasteiger charge is -2.22. The molecule has 0 saturated heterocycles. The predicted molar refractivity (Wildman–Crippen MR) is 116 cm³/mol. The van der Waals surface area contributed by atoms with Crippen LogP contribution in [0.3, 0.4) is 0 Å². The fourth-order valence-electron chi connectivity index (χ4n) is 3.17. The van der Waals surface area contributed by atoms with Crippen molar-refractivity contribution >= 4 is 5.91 Å². The van der Waals surface area contributed by atoms with Crippen LogP contribution in [0.2, 0.25) is 0 Å². The minimum absolute atomic E-state index is 0.0380. The lowest BCUT2D eigenvalue weighted by atomic mass is 10.1. The summed E-state index contributed by atoms with van der Waals surface area (Å²) < 4.78 is 7.05. The highest BCUT2D eigenvalue weighted by Crippen LogP contribution is 2.28. The highest BCUT2D eigenvalue weighted by molar-refractivity contribution is 5.95. The zero-order valence-electron chi connectivity index (χ0n) is 18.2. The van der Waals surface area contributed by atoms with Crippen molar-refractivity contribution in [3.63, 3.8) is 0 Å². The third-order valence-corrected chi connectivity index (χ3v) is 4.94. The van der Waals surface area contributed by atoms with E-state index in [-0.39, 0.29) is 5.91 Å². The Morgan fingerprint density at radius 1 is 1.17 bits per heavy atom. The van der Waals surface area contributed by atoms with E-state index < -0.39 is 0 Å². The van der Waals surface area contributed by atoms with Gasteiger partial charge in [-0.2, -0.15) is 5.10 Å². The lowest BCUT2D eigenvalue weighted by Crippen LogP contribution is -2.36. The van der Waals surface area contributed by atoms with Crippen LogP contribution in [0.1, 0.15) is 23.0 Å². The van der Waals surface area contributed by atoms with Gasteiger partial charge in [-0.25, -0.2) is 14.6 Å². The van der Waals surface area contributed by atoms with Crippen LogP contribution in [0.4, 0.5) is 0 Å². The molecule has 2 heterocycles. The van der Waals surface area contributed by atoms with Gasteiger partial charge in [0.25, 0.3) is 11.9 Å². The number of benzene rings is 1. The average molecular weight is 409 g/mol. The quantitative estimate of drug-likeness (QED) is 0.570. The maximum atomic E-state index is 13.0. The normalized spacial score (nSPS) is 11.0. The Morgan fingerprint density at radius 2 is 1.93 bits per heavy atom. The SMILES string of the molecule is CCN(CCN(C)C)C(=O)c1cnn(-c2nccc(-c3ccccc3OC)n2)c1C. The third-order valence-electron chi connectivity index (χ3n) is 4.94. The first-order valence-corrected chi connectivity index (χ1v) is 9.91. The minimum atomic E-state index is -0.0380. The van der Waals surface area contributed by atoms with E-state index in [1.165, 1.54) is 0 Å². The number of carbonyl (C=O) groups excluding carboxylic acids is 1. The summed E-state index contributed by atoms with van der Waals surface area (Å²) >= 11 is 0. The van der Waals surface area contributed by atoms with Gasteiger partial charge in [-0.05, 0) is 46.1 Å². The molecule has 0 aliphatic carbocycles. The first kappa shape index (κ1) is 21.4. The summed E-state index contributed by atoms with van der Waals surface area (Å²) in [6.45, 7) is 5.94. The Kier molecular flexibility index (Phi) is 6.79. The van der Waals surface area contributed by atoms with Gasteiger partial charge in [0.05, 0.1) is 30.3 Å². The van der Waals surface area contributed by atoms with E-state index >= 15 is 0 Å². The summed E-state index contributed by atoms with van der Waals surface area (Å²) in [5.74, 6) is 1.10. The summed E-state index contributed by atoms with van der Waals surface area (Å²) in [5, 5.41) is 4.40. The monoisotopic (exact) mass is 408 g/mol. The standard InChI is InChI=1S/C22H28N6O2/c1-6-27(14-13-26(3)4)21(29)18-15-24-28(16(18)2)22-23-12-11-19(25-22)17-9-7-8-10-20(17)30-5/h7-12,15H,6,13-14H2,1-5H3. The molecule has 2 aromatic heterocycles. The van der Waals surface area contributed by atoms with Crippen molar-refractivity contribution in [3.05, 3.63) is 54.0 Å². The molecule has 3 aromatic rings. The number of nitrogens with zero attached hydrogens (tertiary/aromatic N) is 6. The number of likely N-dealkylation sites (N-methyl/N-ethyl adjacent to an activating group) is 2. The number of para-hydroxylation sites is 1. The molecule has 158 valence electrons. The van der Waals surface area contributed by atoms with Crippen LogP contribution in [0.5, 0.6) is 5.75 Å². The van der Waals surface area contributed by atoms with Crippen LogP contribution in [0, 0.1) is 6.92 Å². The van der Waals surface area contributed by atoms with Crippen LogP contribution in [0.15, 0.2) is 42.7 Å². The van der Waals surface area contributed by atoms with Crippen LogP contribution < -0.4 is 4.74 Å². The number of rotatable bonds is 8. The van der Waals surface area contributed by atoms with E-state index in [4.69, 9.17) is 4.74 Å². The van der Waals surface area contributed by atoms with E-state index in [1.54, 1.807) is 24.2 Å². The highest BCUT2D eigenvalue weighted by atomic mass is 16.5. The highest BCUT2D eigenvalue weighted by Gasteiger charge is 2.21. The van der Waals surface area contributed by atoms with E-state index in [1.807, 2.05) is 63.2 Å². The lowest BCUT2D eigenvalue weighted by molar-refractivity contribution is 0.0753. The molecule has 0 bridgehead atoms. The Morgan fingerprint density at radius 3 is 2.63 bits per heavy atom. The number of hydrogen-bond acceptors (Lipinski definition) is 6. The number of methoxy groups -OCH3 is 1. The summed E-state index contributed by atoms with van der Waals surface area (Å²) in [5.41, 5.74) is 2.86. The van der Waals surface area contributed by atoms with E-state index in [9.17, 15) is 4.79 Å². The summed E-state index contributed by atoms with van der Waals surface area (Å²) in [4.78, 5) is 25.9. The van der Waals surface area contributed by atoms with Crippen LogP contribution >= 0.6 is 0 Å². The molecule has 30 heavy (non-hydrogen) atoms. The van der Waals surface area contributed by atoms with Crippen LogP contribution in [-0.2, 0) is 0 Å². The smallest absolute Gasteiger partial charge is 0.257 e. The molecule has 0 aliphatic heterocycles. The van der Waals surface area contributed by atoms with E-state index in [2.05, 4.69) is 20.0 Å². The molecule has 3 rings (SSSR count). The predicted octanol–water partition coefficient (Wildman–Crippen LogP) is 2.67. The van der Waals surface area contributed by atoms with Gasteiger partial charge in [-0.1, -0.05) is 12.1 Å². The first-order chi connectivity index (χ1) is 14.5. The van der Waals surface area contributed by atoms with Crippen molar-refractivity contribution < 1.29 is 9.53 Å². The average Bonchev–Trinajstić information content (AvgIpc) is 3.15. The molecule has 0 saturated carbocycles. The second kappa shape index (κ2) is 9.49. The molecule has 1 aromatic carbocycles.